The lowest BCUT2D eigenvalue weighted by Crippen LogP contribution is -2.57. The smallest absolute Gasteiger partial charge is 0.313 e. The predicted molar refractivity (Wildman–Crippen MR) is 84.5 cm³/mol. The standard InChI is InChI=1S/C15H19N3O3S/c1-16-9-17(2)14-18(10-16)15(21,11-6-4-3-5-7-11)12(22-14)8-13(19)20/h3-7,12,21H,8-10H2,1-2H3/p+1. The number of carboxylic acids is 1. The zero-order valence-electron chi connectivity index (χ0n) is 12.6. The Labute approximate surface area is 133 Å². The van der Waals surface area contributed by atoms with Gasteiger partial charge in [-0.25, -0.2) is 14.4 Å². The second-order valence-corrected chi connectivity index (χ2v) is 7.01. The lowest BCUT2D eigenvalue weighted by Gasteiger charge is -2.36. The van der Waals surface area contributed by atoms with Gasteiger partial charge in [0, 0.05) is 5.56 Å². The molecule has 0 bridgehead atoms. The van der Waals surface area contributed by atoms with Crippen LogP contribution >= 0.6 is 11.8 Å². The van der Waals surface area contributed by atoms with Crippen molar-refractivity contribution in [1.82, 2.24) is 9.80 Å². The quantitative estimate of drug-likeness (QED) is 0.794. The average molecular weight is 322 g/mol. The predicted octanol–water partition coefficient (Wildman–Crippen LogP) is 0.583. The van der Waals surface area contributed by atoms with Gasteiger partial charge in [-0.15, -0.1) is 0 Å². The topological polar surface area (TPSA) is 67.0 Å². The van der Waals surface area contributed by atoms with Crippen molar-refractivity contribution in [3.8, 4) is 0 Å². The molecule has 6 nitrogen and oxygen atoms in total. The first-order valence-corrected chi connectivity index (χ1v) is 8.01. The van der Waals surface area contributed by atoms with E-state index in [1.54, 1.807) is 0 Å². The Kier molecular flexibility index (Phi) is 3.88. The Bertz CT molecular complexity index is 622. The molecular weight excluding hydrogens is 302 g/mol. The molecule has 7 heteroatoms. The van der Waals surface area contributed by atoms with Crippen molar-refractivity contribution < 1.29 is 19.6 Å². The van der Waals surface area contributed by atoms with Gasteiger partial charge in [0.05, 0.1) is 13.5 Å². The largest absolute Gasteiger partial charge is 0.481 e. The zero-order valence-corrected chi connectivity index (χ0v) is 13.5. The number of hydrogen-bond acceptors (Lipinski definition) is 5. The van der Waals surface area contributed by atoms with Crippen LogP contribution in [0.15, 0.2) is 30.3 Å². The molecule has 0 saturated carbocycles. The molecule has 22 heavy (non-hydrogen) atoms. The van der Waals surface area contributed by atoms with E-state index >= 15 is 0 Å². The first-order valence-electron chi connectivity index (χ1n) is 7.13. The molecule has 2 unspecified atom stereocenters. The van der Waals surface area contributed by atoms with E-state index in [9.17, 15) is 15.0 Å². The second kappa shape index (κ2) is 5.57. The molecule has 0 aromatic heterocycles. The normalized spacial score (nSPS) is 28.9. The summed E-state index contributed by atoms with van der Waals surface area (Å²) in [4.78, 5) is 15.2. The molecule has 2 aliphatic heterocycles. The van der Waals surface area contributed by atoms with Gasteiger partial charge in [-0.05, 0) is 18.8 Å². The Morgan fingerprint density at radius 3 is 2.77 bits per heavy atom. The van der Waals surface area contributed by atoms with Gasteiger partial charge in [-0.1, -0.05) is 30.3 Å². The average Bonchev–Trinajstić information content (AvgIpc) is 2.74. The molecule has 1 saturated heterocycles. The lowest BCUT2D eigenvalue weighted by molar-refractivity contribution is -0.533. The van der Waals surface area contributed by atoms with E-state index in [2.05, 4.69) is 4.90 Å². The number of aliphatic carboxylic acids is 1. The number of thioether (sulfide) groups is 1. The minimum atomic E-state index is -1.32. The van der Waals surface area contributed by atoms with E-state index < -0.39 is 16.9 Å². The van der Waals surface area contributed by atoms with Crippen molar-refractivity contribution >= 4 is 22.9 Å². The third kappa shape index (κ3) is 2.39. The molecule has 2 N–H and O–H groups in total. The molecule has 2 heterocycles. The number of hydrogen-bond donors (Lipinski definition) is 2. The van der Waals surface area contributed by atoms with E-state index in [-0.39, 0.29) is 6.42 Å². The van der Waals surface area contributed by atoms with Crippen LogP contribution in [0.25, 0.3) is 0 Å². The molecule has 118 valence electrons. The Hall–Kier alpha value is -1.57. The Balaban J connectivity index is 2.09. The van der Waals surface area contributed by atoms with Crippen molar-refractivity contribution in [3.05, 3.63) is 35.9 Å². The van der Waals surface area contributed by atoms with Gasteiger partial charge >= 0.3 is 11.1 Å². The van der Waals surface area contributed by atoms with Crippen molar-refractivity contribution in [3.63, 3.8) is 0 Å². The van der Waals surface area contributed by atoms with Crippen molar-refractivity contribution in [2.75, 3.05) is 27.4 Å². The summed E-state index contributed by atoms with van der Waals surface area (Å²) in [6.07, 6.45) is -0.0897. The van der Waals surface area contributed by atoms with Gasteiger partial charge in [0.1, 0.15) is 18.6 Å². The fourth-order valence-corrected chi connectivity index (χ4v) is 4.60. The highest BCUT2D eigenvalue weighted by molar-refractivity contribution is 8.14. The molecule has 1 aromatic rings. The van der Waals surface area contributed by atoms with E-state index in [0.29, 0.717) is 6.67 Å². The molecular formula is C15H20N3O3S+. The molecule has 0 radical (unpaired) electrons. The molecule has 0 spiro atoms. The molecule has 2 aliphatic rings. The number of nitrogens with zero attached hydrogens (tertiary/aromatic N) is 3. The van der Waals surface area contributed by atoms with Crippen LogP contribution < -0.4 is 0 Å². The molecule has 3 rings (SSSR count). The van der Waals surface area contributed by atoms with Crippen molar-refractivity contribution in [1.29, 1.82) is 0 Å². The number of amidine groups is 1. The SMILES string of the molecule is CN1CN2C(=[N+](C)C1)SC(CC(=O)O)C2(O)c1ccccc1. The van der Waals surface area contributed by atoms with Gasteiger partial charge < -0.3 is 10.2 Å². The second-order valence-electron chi connectivity index (χ2n) is 5.84. The summed E-state index contributed by atoms with van der Waals surface area (Å²) in [5.41, 5.74) is -0.588. The number of aliphatic hydroxyl groups is 1. The third-order valence-electron chi connectivity index (χ3n) is 4.06. The minimum Gasteiger partial charge on any atom is -0.481 e. The van der Waals surface area contributed by atoms with Gasteiger partial charge in [-0.2, -0.15) is 0 Å². The summed E-state index contributed by atoms with van der Waals surface area (Å²) in [6.45, 7) is 1.32. The Morgan fingerprint density at radius 2 is 2.14 bits per heavy atom. The van der Waals surface area contributed by atoms with Gasteiger partial charge in [-0.3, -0.25) is 4.79 Å². The summed E-state index contributed by atoms with van der Waals surface area (Å²) >= 11 is 1.45. The van der Waals surface area contributed by atoms with Crippen LogP contribution in [-0.4, -0.2) is 68.4 Å². The van der Waals surface area contributed by atoms with Gasteiger partial charge in [0.2, 0.25) is 5.72 Å². The van der Waals surface area contributed by atoms with Gasteiger partial charge in [0.15, 0.2) is 0 Å². The fourth-order valence-electron chi connectivity index (χ4n) is 3.13. The first-order chi connectivity index (χ1) is 10.4. The van der Waals surface area contributed by atoms with Crippen LogP contribution in [0.5, 0.6) is 0 Å². The first kappa shape index (κ1) is 15.3. The number of carboxylic acid groups (broad SMARTS) is 1. The van der Waals surface area contributed by atoms with Crippen LogP contribution in [0.1, 0.15) is 12.0 Å². The third-order valence-corrected chi connectivity index (χ3v) is 5.58. The van der Waals surface area contributed by atoms with Crippen LogP contribution in [0.3, 0.4) is 0 Å². The summed E-state index contributed by atoms with van der Waals surface area (Å²) in [6, 6.07) is 9.33. The summed E-state index contributed by atoms with van der Waals surface area (Å²) in [7, 11) is 3.94. The van der Waals surface area contributed by atoms with Crippen LogP contribution in [0, 0.1) is 0 Å². The summed E-state index contributed by atoms with van der Waals surface area (Å²) in [5.74, 6) is -0.900. The summed E-state index contributed by atoms with van der Waals surface area (Å²) < 4.78 is 2.05. The highest BCUT2D eigenvalue weighted by atomic mass is 32.2. The van der Waals surface area contributed by atoms with Crippen LogP contribution in [-0.2, 0) is 10.5 Å². The van der Waals surface area contributed by atoms with Crippen molar-refractivity contribution in [2.45, 2.75) is 17.4 Å². The molecule has 1 aromatic carbocycles. The highest BCUT2D eigenvalue weighted by Gasteiger charge is 2.60. The maximum absolute atomic E-state index is 11.5. The number of carbonyl (C=O) groups is 1. The monoisotopic (exact) mass is 322 g/mol. The van der Waals surface area contributed by atoms with E-state index in [1.807, 2.05) is 53.9 Å². The molecule has 0 amide bonds. The van der Waals surface area contributed by atoms with Gasteiger partial charge in [0.25, 0.3) is 0 Å². The zero-order chi connectivity index (χ0) is 15.9. The van der Waals surface area contributed by atoms with E-state index in [1.165, 1.54) is 11.8 Å². The van der Waals surface area contributed by atoms with Crippen LogP contribution in [0.2, 0.25) is 0 Å². The van der Waals surface area contributed by atoms with E-state index in [4.69, 9.17) is 0 Å². The number of rotatable bonds is 3. The molecule has 2 atom stereocenters. The number of benzene rings is 1. The fraction of sp³-hybridized carbons (Fsp3) is 0.467. The van der Waals surface area contributed by atoms with E-state index in [0.717, 1.165) is 17.4 Å². The molecule has 1 fully saturated rings. The maximum atomic E-state index is 11.5. The maximum Gasteiger partial charge on any atom is 0.313 e. The Morgan fingerprint density at radius 1 is 1.45 bits per heavy atom. The number of fused-ring (bicyclic) bond motifs is 1. The highest BCUT2D eigenvalue weighted by Crippen LogP contribution is 2.47. The lowest BCUT2D eigenvalue weighted by atomic mass is 9.95. The molecule has 0 aliphatic carbocycles. The van der Waals surface area contributed by atoms with Crippen LogP contribution in [0.4, 0.5) is 0 Å². The van der Waals surface area contributed by atoms with Crippen molar-refractivity contribution in [2.24, 2.45) is 0 Å². The minimum absolute atomic E-state index is 0.0897. The summed E-state index contributed by atoms with van der Waals surface area (Å²) in [5, 5.41) is 21.2.